The average molecular weight is 843 g/mol. The summed E-state index contributed by atoms with van der Waals surface area (Å²) in [7, 11) is 0. The van der Waals surface area contributed by atoms with Gasteiger partial charge in [-0.1, -0.05) is 18.2 Å². The van der Waals surface area contributed by atoms with Crippen molar-refractivity contribution in [1.82, 2.24) is 25.0 Å². The lowest BCUT2D eigenvalue weighted by Gasteiger charge is -2.48. The standard InChI is InChI=1S/C46H47F5N6O4/c1-25-16-31-30-4-2-3-5-36(30)52-40(31)41(56(25)24-46(49,50)51)39-34(47)21-29(22-35(39)48)55-14-10-45(11-15-55)8-12-54(13-9-45)23-26-17-27-19-32-33(20-28(27)18-26)44(61)57(43(32)60)37-6-7-38(58)53-42(37)59/h2-5,19-22,25-26,37,41,52H,6-18,23-24H2,1H3,(H,53,58,59)/t25-,37?,41-/m1/s1. The Morgan fingerprint density at radius 2 is 1.44 bits per heavy atom. The van der Waals surface area contributed by atoms with E-state index in [1.165, 1.54) is 12.1 Å². The van der Waals surface area contributed by atoms with Gasteiger partial charge in [0, 0.05) is 59.9 Å². The maximum atomic E-state index is 16.3. The summed E-state index contributed by atoms with van der Waals surface area (Å²) in [5, 5.41) is 3.08. The Morgan fingerprint density at radius 3 is 2.07 bits per heavy atom. The van der Waals surface area contributed by atoms with Crippen molar-refractivity contribution in [2.24, 2.45) is 11.3 Å². The zero-order chi connectivity index (χ0) is 42.5. The molecule has 1 aromatic heterocycles. The Bertz CT molecular complexity index is 2420. The Kier molecular flexibility index (Phi) is 9.66. The maximum Gasteiger partial charge on any atom is 0.401 e. The number of halogens is 5. The second-order valence-electron chi connectivity index (χ2n) is 18.3. The maximum absolute atomic E-state index is 16.3. The third-order valence-corrected chi connectivity index (χ3v) is 14.6. The Labute approximate surface area is 349 Å². The van der Waals surface area contributed by atoms with Crippen molar-refractivity contribution in [3.63, 3.8) is 0 Å². The molecule has 61 heavy (non-hydrogen) atoms. The van der Waals surface area contributed by atoms with Gasteiger partial charge in [-0.3, -0.25) is 34.3 Å². The van der Waals surface area contributed by atoms with E-state index in [0.717, 1.165) is 95.6 Å². The number of H-pyrrole nitrogens is 1. The molecule has 3 fully saturated rings. The van der Waals surface area contributed by atoms with E-state index in [9.17, 15) is 32.3 Å². The smallest absolute Gasteiger partial charge is 0.371 e. The van der Waals surface area contributed by atoms with Crippen LogP contribution in [0.15, 0.2) is 48.5 Å². The molecule has 4 aromatic rings. The first-order valence-corrected chi connectivity index (χ1v) is 21.4. The molecule has 0 saturated carbocycles. The summed E-state index contributed by atoms with van der Waals surface area (Å²) in [6.45, 7) is 4.34. The SMILES string of the molecule is C[C@@H]1Cc2c([nH]c3ccccc23)[C@@H](c2c(F)cc(N3CCC4(CCN(CC5Cc6cc7c(cc6C5)C(=O)N(C5CCC(=O)NC5=O)C7=O)CC4)CC3)cc2F)N1CC(F)(F)F. The van der Waals surface area contributed by atoms with Crippen molar-refractivity contribution in [2.75, 3.05) is 44.2 Å². The number of hydrogen-bond donors (Lipinski definition) is 2. The van der Waals surface area contributed by atoms with Crippen molar-refractivity contribution >= 4 is 40.2 Å². The van der Waals surface area contributed by atoms with Gasteiger partial charge in [0.25, 0.3) is 11.8 Å². The van der Waals surface area contributed by atoms with Crippen LogP contribution >= 0.6 is 0 Å². The number of imide groups is 2. The number of nitrogens with zero attached hydrogens (tertiary/aromatic N) is 4. The van der Waals surface area contributed by atoms with E-state index in [-0.39, 0.29) is 23.8 Å². The van der Waals surface area contributed by atoms with Crippen LogP contribution in [-0.4, -0.2) is 101 Å². The number of anilines is 1. The van der Waals surface area contributed by atoms with Crippen molar-refractivity contribution < 1.29 is 41.1 Å². The van der Waals surface area contributed by atoms with Gasteiger partial charge in [0.1, 0.15) is 17.7 Å². The normalized spacial score (nSPS) is 24.8. The van der Waals surface area contributed by atoms with Gasteiger partial charge in [0.2, 0.25) is 11.8 Å². The number of aromatic amines is 1. The molecular weight excluding hydrogens is 796 g/mol. The van der Waals surface area contributed by atoms with Gasteiger partial charge < -0.3 is 14.8 Å². The number of fused-ring (bicyclic) bond motifs is 5. The number of para-hydroxylation sites is 1. The minimum absolute atomic E-state index is 0.0733. The molecular formula is C46H47F5N6O4. The van der Waals surface area contributed by atoms with Crippen LogP contribution in [0.1, 0.15) is 100 Å². The summed E-state index contributed by atoms with van der Waals surface area (Å²) in [5.41, 5.74) is 4.77. The van der Waals surface area contributed by atoms with Gasteiger partial charge in [-0.2, -0.15) is 13.2 Å². The number of benzene rings is 3. The lowest BCUT2D eigenvalue weighted by molar-refractivity contribution is -0.155. The predicted molar refractivity (Wildman–Crippen MR) is 216 cm³/mol. The second kappa shape index (κ2) is 14.7. The first kappa shape index (κ1) is 40.0. The number of carbonyl (C=O) groups is 4. The molecule has 1 aliphatic carbocycles. The van der Waals surface area contributed by atoms with Crippen molar-refractivity contribution in [1.29, 1.82) is 0 Å². The van der Waals surface area contributed by atoms with Gasteiger partial charge in [-0.25, -0.2) is 8.78 Å². The lowest BCUT2D eigenvalue weighted by Crippen LogP contribution is -2.54. The molecule has 6 heterocycles. The fourth-order valence-corrected chi connectivity index (χ4v) is 11.4. The second-order valence-corrected chi connectivity index (χ2v) is 18.3. The third kappa shape index (κ3) is 7.01. The van der Waals surface area contributed by atoms with Gasteiger partial charge in [0.05, 0.1) is 23.7 Å². The van der Waals surface area contributed by atoms with E-state index in [0.29, 0.717) is 47.9 Å². The average Bonchev–Trinajstić information content (AvgIpc) is 3.86. The number of alkyl halides is 3. The zero-order valence-electron chi connectivity index (χ0n) is 33.8. The predicted octanol–water partition coefficient (Wildman–Crippen LogP) is 6.84. The molecule has 1 unspecified atom stereocenters. The first-order chi connectivity index (χ1) is 29.1. The molecule has 15 heteroatoms. The molecule has 320 valence electrons. The summed E-state index contributed by atoms with van der Waals surface area (Å²) in [5.74, 6) is -3.39. The summed E-state index contributed by atoms with van der Waals surface area (Å²) < 4.78 is 74.5. The topological polar surface area (TPSA) is 109 Å². The number of rotatable bonds is 6. The van der Waals surface area contributed by atoms with Crippen molar-refractivity contribution in [3.8, 4) is 0 Å². The van der Waals surface area contributed by atoms with Crippen LogP contribution in [0.3, 0.4) is 0 Å². The van der Waals surface area contributed by atoms with Gasteiger partial charge >= 0.3 is 6.18 Å². The van der Waals surface area contributed by atoms with E-state index < -0.39 is 66.1 Å². The minimum atomic E-state index is -4.57. The highest BCUT2D eigenvalue weighted by Crippen LogP contribution is 2.46. The molecule has 10 rings (SSSR count). The molecule has 2 N–H and O–H groups in total. The van der Waals surface area contributed by atoms with Crippen LogP contribution < -0.4 is 10.2 Å². The first-order valence-electron chi connectivity index (χ1n) is 21.4. The number of aromatic nitrogens is 1. The van der Waals surface area contributed by atoms with Crippen LogP contribution in [0.5, 0.6) is 0 Å². The van der Waals surface area contributed by atoms with Crippen LogP contribution in [0.4, 0.5) is 27.6 Å². The van der Waals surface area contributed by atoms with Crippen LogP contribution in [0, 0.1) is 23.0 Å². The molecule has 3 saturated heterocycles. The third-order valence-electron chi connectivity index (χ3n) is 14.6. The van der Waals surface area contributed by atoms with Gasteiger partial charge in [0.15, 0.2) is 0 Å². The minimum Gasteiger partial charge on any atom is -0.371 e. The Hall–Kier alpha value is -5.15. The molecule has 0 bridgehead atoms. The van der Waals surface area contributed by atoms with E-state index >= 15 is 8.78 Å². The fourth-order valence-electron chi connectivity index (χ4n) is 11.4. The summed E-state index contributed by atoms with van der Waals surface area (Å²) in [6.07, 6.45) is 1.24. The Balaban J connectivity index is 0.773. The highest BCUT2D eigenvalue weighted by molar-refractivity contribution is 6.23. The monoisotopic (exact) mass is 842 g/mol. The number of piperidine rings is 3. The molecule has 3 aromatic carbocycles. The van der Waals surface area contributed by atoms with Crippen LogP contribution in [-0.2, 0) is 28.9 Å². The molecule has 1 spiro atoms. The van der Waals surface area contributed by atoms with Crippen LogP contribution in [0.25, 0.3) is 10.9 Å². The molecule has 0 radical (unpaired) electrons. The van der Waals surface area contributed by atoms with Crippen molar-refractivity contribution in [3.05, 3.63) is 99.2 Å². The summed E-state index contributed by atoms with van der Waals surface area (Å²) >= 11 is 0. The molecule has 4 amide bonds. The van der Waals surface area contributed by atoms with E-state index in [1.54, 1.807) is 6.92 Å². The molecule has 10 nitrogen and oxygen atoms in total. The fraction of sp³-hybridized carbons (Fsp3) is 0.478. The van der Waals surface area contributed by atoms with E-state index in [2.05, 4.69) is 15.2 Å². The van der Waals surface area contributed by atoms with Crippen molar-refractivity contribution in [2.45, 2.75) is 89.0 Å². The number of nitrogens with one attached hydrogen (secondary N) is 2. The summed E-state index contributed by atoms with van der Waals surface area (Å²) in [6, 6.07) is 10.7. The lowest BCUT2D eigenvalue weighted by atomic mass is 9.71. The van der Waals surface area contributed by atoms with Crippen LogP contribution in [0.2, 0.25) is 0 Å². The quantitative estimate of drug-likeness (QED) is 0.162. The molecule has 3 atom stereocenters. The largest absolute Gasteiger partial charge is 0.401 e. The summed E-state index contributed by atoms with van der Waals surface area (Å²) in [4.78, 5) is 60.7. The zero-order valence-corrected chi connectivity index (χ0v) is 33.8. The van der Waals surface area contributed by atoms with E-state index in [4.69, 9.17) is 0 Å². The molecule has 6 aliphatic rings. The number of amides is 4. The number of carbonyl (C=O) groups excluding carboxylic acids is 4. The number of likely N-dealkylation sites (tertiary alicyclic amines) is 1. The highest BCUT2D eigenvalue weighted by Gasteiger charge is 2.47. The van der Waals surface area contributed by atoms with E-state index in [1.807, 2.05) is 41.3 Å². The molecule has 5 aliphatic heterocycles. The number of hydrogen-bond acceptors (Lipinski definition) is 7. The van der Waals surface area contributed by atoms with Gasteiger partial charge in [-0.05, 0) is 130 Å². The Morgan fingerprint density at radius 1 is 0.820 bits per heavy atom. The van der Waals surface area contributed by atoms with Gasteiger partial charge in [-0.15, -0.1) is 0 Å². The highest BCUT2D eigenvalue weighted by atomic mass is 19.4.